The largest absolute Gasteiger partial charge is 0.303 e. The van der Waals surface area contributed by atoms with E-state index in [0.29, 0.717) is 5.92 Å². The van der Waals surface area contributed by atoms with Crippen molar-refractivity contribution >= 4 is 12.6 Å². The van der Waals surface area contributed by atoms with E-state index in [2.05, 4.69) is 61.7 Å². The van der Waals surface area contributed by atoms with Gasteiger partial charge in [-0.25, -0.2) is 0 Å². The van der Waals surface area contributed by atoms with Gasteiger partial charge >= 0.3 is 0 Å². The molecule has 1 rings (SSSR count). The summed E-state index contributed by atoms with van der Waals surface area (Å²) in [5, 5.41) is 0. The first kappa shape index (κ1) is 16.6. The molecule has 0 aromatic heterocycles. The van der Waals surface area contributed by atoms with Crippen LogP contribution in [0.5, 0.6) is 0 Å². The Hall–Kier alpha value is -0.470. The summed E-state index contributed by atoms with van der Waals surface area (Å²) in [6.07, 6.45) is 5.16. The molecule has 0 spiro atoms. The van der Waals surface area contributed by atoms with Crippen LogP contribution in [0.25, 0.3) is 0 Å². The van der Waals surface area contributed by atoms with Gasteiger partial charge in [-0.15, -0.1) is 0 Å². The Morgan fingerprint density at radius 1 is 1.00 bits per heavy atom. The number of rotatable bonds is 10. The third-order valence-electron chi connectivity index (χ3n) is 3.63. The first-order valence-corrected chi connectivity index (χ1v) is 8.33. The van der Waals surface area contributed by atoms with Crippen molar-refractivity contribution < 1.29 is 0 Å². The summed E-state index contributed by atoms with van der Waals surface area (Å²) in [4.78, 5) is 2.63. The molecule has 19 heavy (non-hydrogen) atoms. The minimum Gasteiger partial charge on any atom is -0.303 e. The van der Waals surface area contributed by atoms with E-state index in [9.17, 15) is 0 Å². The van der Waals surface area contributed by atoms with Crippen molar-refractivity contribution in [2.45, 2.75) is 45.4 Å². The molecule has 0 aliphatic rings. The fourth-order valence-corrected chi connectivity index (χ4v) is 2.69. The van der Waals surface area contributed by atoms with Gasteiger partial charge in [-0.1, -0.05) is 57.0 Å². The van der Waals surface area contributed by atoms with Crippen LogP contribution in [0, 0.1) is 0 Å². The molecule has 0 bridgehead atoms. The van der Waals surface area contributed by atoms with E-state index in [0.717, 1.165) is 12.3 Å². The van der Waals surface area contributed by atoms with Gasteiger partial charge in [0.05, 0.1) is 0 Å². The lowest BCUT2D eigenvalue weighted by atomic mass is 10.00. The molecule has 1 atom stereocenters. The second-order valence-corrected chi connectivity index (χ2v) is 5.66. The van der Waals surface area contributed by atoms with Crippen molar-refractivity contribution in [2.75, 3.05) is 25.4 Å². The summed E-state index contributed by atoms with van der Waals surface area (Å²) in [6.45, 7) is 8.14. The first-order valence-electron chi connectivity index (χ1n) is 7.69. The lowest BCUT2D eigenvalue weighted by molar-refractivity contribution is 0.254. The van der Waals surface area contributed by atoms with Gasteiger partial charge in [-0.3, -0.25) is 0 Å². The van der Waals surface area contributed by atoms with Gasteiger partial charge in [0.1, 0.15) is 0 Å². The number of hydrogen-bond acceptors (Lipinski definition) is 2. The highest BCUT2D eigenvalue weighted by Crippen LogP contribution is 2.19. The van der Waals surface area contributed by atoms with E-state index in [1.165, 1.54) is 44.3 Å². The Labute approximate surface area is 124 Å². The Balaban J connectivity index is 2.58. The van der Waals surface area contributed by atoms with E-state index < -0.39 is 0 Å². The zero-order valence-electron chi connectivity index (χ0n) is 12.5. The lowest BCUT2D eigenvalue weighted by Crippen LogP contribution is -2.31. The second kappa shape index (κ2) is 10.3. The van der Waals surface area contributed by atoms with Crippen LogP contribution in [0.4, 0.5) is 0 Å². The van der Waals surface area contributed by atoms with E-state index in [4.69, 9.17) is 0 Å². The number of nitrogens with zero attached hydrogens (tertiary/aromatic N) is 1. The average molecular weight is 279 g/mol. The van der Waals surface area contributed by atoms with Crippen molar-refractivity contribution in [3.8, 4) is 0 Å². The fourth-order valence-electron chi connectivity index (χ4n) is 2.36. The van der Waals surface area contributed by atoms with Crippen LogP contribution in [-0.4, -0.2) is 30.3 Å². The molecule has 1 unspecified atom stereocenters. The van der Waals surface area contributed by atoms with Crippen LogP contribution >= 0.6 is 12.6 Å². The molecule has 0 aliphatic carbocycles. The Morgan fingerprint density at radius 2 is 1.58 bits per heavy atom. The Kier molecular flexibility index (Phi) is 9.02. The topological polar surface area (TPSA) is 3.24 Å². The molecule has 1 aromatic rings. The van der Waals surface area contributed by atoms with Crippen molar-refractivity contribution in [3.05, 3.63) is 35.9 Å². The molecule has 0 heterocycles. The number of benzene rings is 1. The van der Waals surface area contributed by atoms with Crippen LogP contribution < -0.4 is 0 Å². The predicted molar refractivity (Wildman–Crippen MR) is 89.3 cm³/mol. The maximum atomic E-state index is 4.56. The van der Waals surface area contributed by atoms with Gasteiger partial charge in [0.25, 0.3) is 0 Å². The Morgan fingerprint density at radius 3 is 2.05 bits per heavy atom. The van der Waals surface area contributed by atoms with Gasteiger partial charge in [0.2, 0.25) is 0 Å². The minimum absolute atomic E-state index is 0.554. The van der Waals surface area contributed by atoms with Gasteiger partial charge in [-0.05, 0) is 37.2 Å². The molecule has 108 valence electrons. The molecule has 0 fully saturated rings. The summed E-state index contributed by atoms with van der Waals surface area (Å²) in [6, 6.07) is 10.8. The highest BCUT2D eigenvalue weighted by molar-refractivity contribution is 7.80. The molecule has 0 N–H and O–H groups in total. The van der Waals surface area contributed by atoms with E-state index in [1.54, 1.807) is 0 Å². The molecule has 1 nitrogen and oxygen atoms in total. The van der Waals surface area contributed by atoms with E-state index in [-0.39, 0.29) is 0 Å². The van der Waals surface area contributed by atoms with Crippen LogP contribution in [0.15, 0.2) is 30.3 Å². The summed E-state index contributed by atoms with van der Waals surface area (Å²) in [7, 11) is 0. The molecule has 1 aromatic carbocycles. The van der Waals surface area contributed by atoms with Gasteiger partial charge in [-0.2, -0.15) is 12.6 Å². The average Bonchev–Trinajstić information content (AvgIpc) is 2.47. The van der Waals surface area contributed by atoms with Crippen LogP contribution in [0.1, 0.15) is 51.0 Å². The zero-order valence-corrected chi connectivity index (χ0v) is 13.4. The van der Waals surface area contributed by atoms with Gasteiger partial charge < -0.3 is 4.90 Å². The normalized spacial score (nSPS) is 12.8. The summed E-state index contributed by atoms with van der Waals surface area (Å²) in [5.41, 5.74) is 1.43. The van der Waals surface area contributed by atoms with Crippen molar-refractivity contribution in [1.29, 1.82) is 0 Å². The van der Waals surface area contributed by atoms with Crippen molar-refractivity contribution in [3.63, 3.8) is 0 Å². The molecule has 0 radical (unpaired) electrons. The number of thiol groups is 1. The Bertz CT molecular complexity index is 304. The maximum Gasteiger partial charge on any atom is 0.00581 e. The number of unbranched alkanes of at least 4 members (excludes halogenated alkanes) is 2. The van der Waals surface area contributed by atoms with Crippen LogP contribution in [-0.2, 0) is 0 Å². The van der Waals surface area contributed by atoms with Crippen molar-refractivity contribution in [2.24, 2.45) is 0 Å². The predicted octanol–water partition coefficient (Wildman–Crippen LogP) is 4.60. The van der Waals surface area contributed by atoms with Crippen LogP contribution in [0.3, 0.4) is 0 Å². The fraction of sp³-hybridized carbons (Fsp3) is 0.647. The third kappa shape index (κ3) is 6.49. The van der Waals surface area contributed by atoms with Crippen molar-refractivity contribution in [1.82, 2.24) is 4.90 Å². The maximum absolute atomic E-state index is 4.56. The standard InChI is InChI=1S/C17H29NS/c1-3-5-12-18(13-6-4-2)14-17(15-19)16-10-8-7-9-11-16/h7-11,17,19H,3-6,12-15H2,1-2H3. The van der Waals surface area contributed by atoms with E-state index >= 15 is 0 Å². The molecular weight excluding hydrogens is 250 g/mol. The summed E-state index contributed by atoms with van der Waals surface area (Å²) < 4.78 is 0. The van der Waals surface area contributed by atoms with Gasteiger partial charge in [0, 0.05) is 12.5 Å². The number of hydrogen-bond donors (Lipinski definition) is 1. The SMILES string of the molecule is CCCCN(CCCC)CC(CS)c1ccccc1. The summed E-state index contributed by atoms with van der Waals surface area (Å²) in [5.74, 6) is 1.48. The molecular formula is C17H29NS. The monoisotopic (exact) mass is 279 g/mol. The van der Waals surface area contributed by atoms with Crippen LogP contribution in [0.2, 0.25) is 0 Å². The molecule has 0 saturated carbocycles. The molecule has 0 aliphatic heterocycles. The molecule has 0 amide bonds. The lowest BCUT2D eigenvalue weighted by Gasteiger charge is -2.27. The first-order chi connectivity index (χ1) is 9.31. The second-order valence-electron chi connectivity index (χ2n) is 5.30. The third-order valence-corrected chi connectivity index (χ3v) is 4.07. The summed E-state index contributed by atoms with van der Waals surface area (Å²) >= 11 is 4.56. The highest BCUT2D eigenvalue weighted by Gasteiger charge is 2.14. The highest BCUT2D eigenvalue weighted by atomic mass is 32.1. The molecule has 0 saturated heterocycles. The van der Waals surface area contributed by atoms with E-state index in [1.807, 2.05) is 0 Å². The quantitative estimate of drug-likeness (QED) is 0.613. The minimum atomic E-state index is 0.554. The smallest absolute Gasteiger partial charge is 0.00581 e. The van der Waals surface area contributed by atoms with Gasteiger partial charge in [0.15, 0.2) is 0 Å². The zero-order chi connectivity index (χ0) is 13.9. The molecule has 2 heteroatoms.